The smallest absolute Gasteiger partial charge is 0.255 e. The fraction of sp³-hybridized carbons (Fsp3) is 0.600. The minimum atomic E-state index is -0.0693. The lowest BCUT2D eigenvalue weighted by molar-refractivity contribution is 0.0937. The molecular weight excluding hydrogens is 238 g/mol. The highest BCUT2D eigenvalue weighted by atomic mass is 16.1. The minimum Gasteiger partial charge on any atom is -0.370 e. The maximum atomic E-state index is 12.2. The standard InChI is InChI=1S/C15H25N3O/c1-6-16-13-12(8-7-9-17-13)14(19)18-10-11(2)15(3,4)5/h7-9,11H,6,10H2,1-5H3,(H,16,17)(H,18,19). The van der Waals surface area contributed by atoms with E-state index in [1.165, 1.54) is 0 Å². The summed E-state index contributed by atoms with van der Waals surface area (Å²) in [5.74, 6) is 0.988. The quantitative estimate of drug-likeness (QED) is 0.858. The maximum absolute atomic E-state index is 12.2. The van der Waals surface area contributed by atoms with Crippen molar-refractivity contribution in [2.24, 2.45) is 11.3 Å². The van der Waals surface area contributed by atoms with Crippen LogP contribution in [0.3, 0.4) is 0 Å². The van der Waals surface area contributed by atoms with Gasteiger partial charge in [0.2, 0.25) is 0 Å². The van der Waals surface area contributed by atoms with Gasteiger partial charge in [0.25, 0.3) is 5.91 Å². The van der Waals surface area contributed by atoms with Crippen molar-refractivity contribution < 1.29 is 4.79 Å². The van der Waals surface area contributed by atoms with Crippen LogP contribution < -0.4 is 10.6 Å². The van der Waals surface area contributed by atoms with Crippen LogP contribution in [0.4, 0.5) is 5.82 Å². The Morgan fingerprint density at radius 3 is 2.68 bits per heavy atom. The Kier molecular flexibility index (Phi) is 5.33. The van der Waals surface area contributed by atoms with Gasteiger partial charge in [-0.1, -0.05) is 27.7 Å². The molecule has 0 aliphatic heterocycles. The molecule has 4 nitrogen and oxygen atoms in total. The van der Waals surface area contributed by atoms with Crippen molar-refractivity contribution in [3.63, 3.8) is 0 Å². The van der Waals surface area contributed by atoms with Crippen LogP contribution >= 0.6 is 0 Å². The molecule has 0 aliphatic carbocycles. The van der Waals surface area contributed by atoms with E-state index in [2.05, 4.69) is 43.3 Å². The summed E-state index contributed by atoms with van der Waals surface area (Å²) >= 11 is 0. The zero-order chi connectivity index (χ0) is 14.5. The van der Waals surface area contributed by atoms with Crippen LogP contribution in [0, 0.1) is 11.3 Å². The Balaban J connectivity index is 2.69. The summed E-state index contributed by atoms with van der Waals surface area (Å²) in [6.07, 6.45) is 1.69. The van der Waals surface area contributed by atoms with Crippen molar-refractivity contribution in [1.82, 2.24) is 10.3 Å². The molecule has 0 saturated carbocycles. The van der Waals surface area contributed by atoms with Crippen LogP contribution in [-0.4, -0.2) is 24.0 Å². The van der Waals surface area contributed by atoms with E-state index in [0.29, 0.717) is 23.8 Å². The molecule has 4 heteroatoms. The molecule has 1 rings (SSSR count). The Labute approximate surface area is 116 Å². The second-order valence-corrected chi connectivity index (χ2v) is 5.91. The highest BCUT2D eigenvalue weighted by Crippen LogP contribution is 2.24. The van der Waals surface area contributed by atoms with Crippen LogP contribution in [0.25, 0.3) is 0 Å². The Morgan fingerprint density at radius 2 is 2.11 bits per heavy atom. The van der Waals surface area contributed by atoms with E-state index < -0.39 is 0 Å². The van der Waals surface area contributed by atoms with Gasteiger partial charge in [-0.2, -0.15) is 0 Å². The molecule has 1 aromatic rings. The van der Waals surface area contributed by atoms with Crippen LogP contribution in [0.5, 0.6) is 0 Å². The Bertz CT molecular complexity index is 424. The normalized spacial score (nSPS) is 12.9. The molecule has 1 unspecified atom stereocenters. The first-order valence-corrected chi connectivity index (χ1v) is 6.83. The zero-order valence-corrected chi connectivity index (χ0v) is 12.6. The van der Waals surface area contributed by atoms with E-state index in [1.807, 2.05) is 6.92 Å². The molecule has 0 radical (unpaired) electrons. The van der Waals surface area contributed by atoms with Gasteiger partial charge in [0.05, 0.1) is 5.56 Å². The minimum absolute atomic E-state index is 0.0693. The number of hydrogen-bond donors (Lipinski definition) is 2. The number of hydrogen-bond acceptors (Lipinski definition) is 3. The molecule has 1 atom stereocenters. The van der Waals surface area contributed by atoms with Gasteiger partial charge in [0.1, 0.15) is 5.82 Å². The highest BCUT2D eigenvalue weighted by molar-refractivity contribution is 5.98. The number of carbonyl (C=O) groups is 1. The van der Waals surface area contributed by atoms with E-state index in [1.54, 1.807) is 18.3 Å². The summed E-state index contributed by atoms with van der Waals surface area (Å²) in [6, 6.07) is 3.57. The third-order valence-corrected chi connectivity index (χ3v) is 3.44. The third-order valence-electron chi connectivity index (χ3n) is 3.44. The van der Waals surface area contributed by atoms with E-state index in [-0.39, 0.29) is 11.3 Å². The first kappa shape index (κ1) is 15.5. The molecule has 1 amide bonds. The number of rotatable bonds is 5. The number of nitrogens with zero attached hydrogens (tertiary/aromatic N) is 1. The van der Waals surface area contributed by atoms with Gasteiger partial charge in [-0.3, -0.25) is 4.79 Å². The number of aromatic nitrogens is 1. The highest BCUT2D eigenvalue weighted by Gasteiger charge is 2.21. The number of carbonyl (C=O) groups excluding carboxylic acids is 1. The van der Waals surface area contributed by atoms with E-state index >= 15 is 0 Å². The maximum Gasteiger partial charge on any atom is 0.255 e. The van der Waals surface area contributed by atoms with Crippen molar-refractivity contribution in [2.75, 3.05) is 18.4 Å². The summed E-state index contributed by atoms with van der Waals surface area (Å²) in [5.41, 5.74) is 0.789. The van der Waals surface area contributed by atoms with Gasteiger partial charge in [0, 0.05) is 19.3 Å². The second-order valence-electron chi connectivity index (χ2n) is 5.91. The lowest BCUT2D eigenvalue weighted by Gasteiger charge is -2.27. The summed E-state index contributed by atoms with van der Waals surface area (Å²) in [6.45, 7) is 12.1. The van der Waals surface area contributed by atoms with E-state index in [0.717, 1.165) is 6.54 Å². The predicted octanol–water partition coefficient (Wildman–Crippen LogP) is 2.93. The average Bonchev–Trinajstić information content (AvgIpc) is 2.35. The van der Waals surface area contributed by atoms with Gasteiger partial charge in [-0.15, -0.1) is 0 Å². The van der Waals surface area contributed by atoms with E-state index in [4.69, 9.17) is 0 Å². The van der Waals surface area contributed by atoms with Crippen molar-refractivity contribution in [3.8, 4) is 0 Å². The molecule has 0 bridgehead atoms. The topological polar surface area (TPSA) is 54.0 Å². The molecule has 1 heterocycles. The molecule has 0 aliphatic rings. The monoisotopic (exact) mass is 263 g/mol. The predicted molar refractivity (Wildman–Crippen MR) is 79.4 cm³/mol. The van der Waals surface area contributed by atoms with Crippen molar-refractivity contribution >= 4 is 11.7 Å². The molecule has 0 spiro atoms. The zero-order valence-electron chi connectivity index (χ0n) is 12.6. The first-order valence-electron chi connectivity index (χ1n) is 6.83. The van der Waals surface area contributed by atoms with Gasteiger partial charge >= 0.3 is 0 Å². The largest absolute Gasteiger partial charge is 0.370 e. The van der Waals surface area contributed by atoms with E-state index in [9.17, 15) is 4.79 Å². The van der Waals surface area contributed by atoms with Gasteiger partial charge in [-0.25, -0.2) is 4.98 Å². The fourth-order valence-corrected chi connectivity index (χ4v) is 1.54. The summed E-state index contributed by atoms with van der Waals surface area (Å²) < 4.78 is 0. The van der Waals surface area contributed by atoms with Crippen molar-refractivity contribution in [3.05, 3.63) is 23.9 Å². The van der Waals surface area contributed by atoms with Crippen LogP contribution in [0.1, 0.15) is 45.0 Å². The number of pyridine rings is 1. The molecule has 0 saturated heterocycles. The number of nitrogens with one attached hydrogen (secondary N) is 2. The SMILES string of the molecule is CCNc1ncccc1C(=O)NCC(C)C(C)(C)C. The number of amides is 1. The van der Waals surface area contributed by atoms with Gasteiger partial charge in [0.15, 0.2) is 0 Å². The summed E-state index contributed by atoms with van der Waals surface area (Å²) in [7, 11) is 0. The summed E-state index contributed by atoms with van der Waals surface area (Å²) in [4.78, 5) is 16.4. The lowest BCUT2D eigenvalue weighted by atomic mass is 9.82. The first-order chi connectivity index (χ1) is 8.86. The van der Waals surface area contributed by atoms with Gasteiger partial charge < -0.3 is 10.6 Å². The number of anilines is 1. The van der Waals surface area contributed by atoms with Crippen molar-refractivity contribution in [2.45, 2.75) is 34.6 Å². The van der Waals surface area contributed by atoms with Crippen molar-refractivity contribution in [1.29, 1.82) is 0 Å². The fourth-order valence-electron chi connectivity index (χ4n) is 1.54. The van der Waals surface area contributed by atoms with Gasteiger partial charge in [-0.05, 0) is 30.4 Å². The molecular formula is C15H25N3O. The average molecular weight is 263 g/mol. The van der Waals surface area contributed by atoms with Crippen LogP contribution in [-0.2, 0) is 0 Å². The Morgan fingerprint density at radius 1 is 1.42 bits per heavy atom. The summed E-state index contributed by atoms with van der Waals surface area (Å²) in [5, 5.41) is 6.09. The van der Waals surface area contributed by atoms with Crippen LogP contribution in [0.2, 0.25) is 0 Å². The molecule has 2 N–H and O–H groups in total. The molecule has 19 heavy (non-hydrogen) atoms. The molecule has 1 aromatic heterocycles. The lowest BCUT2D eigenvalue weighted by Crippen LogP contribution is -2.34. The molecule has 0 fully saturated rings. The third kappa shape index (κ3) is 4.54. The second kappa shape index (κ2) is 6.55. The molecule has 106 valence electrons. The Hall–Kier alpha value is -1.58. The van der Waals surface area contributed by atoms with Crippen LogP contribution in [0.15, 0.2) is 18.3 Å². The molecule has 0 aromatic carbocycles.